The lowest BCUT2D eigenvalue weighted by atomic mass is 10.3. The Hall–Kier alpha value is -1.48. The van der Waals surface area contributed by atoms with Crippen molar-refractivity contribution in [2.45, 2.75) is 18.4 Å². The van der Waals surface area contributed by atoms with Crippen molar-refractivity contribution in [3.63, 3.8) is 0 Å². The Morgan fingerprint density at radius 2 is 1.95 bits per heavy atom. The molecule has 22 heavy (non-hydrogen) atoms. The Morgan fingerprint density at radius 3 is 2.64 bits per heavy atom. The molecule has 2 heterocycles. The maximum atomic E-state index is 12.7. The normalized spacial score (nSPS) is 12.4. The third kappa shape index (κ3) is 2.63. The highest BCUT2D eigenvalue weighted by atomic mass is 35.5. The Morgan fingerprint density at radius 1 is 1.23 bits per heavy atom. The molecule has 6 nitrogen and oxygen atoms in total. The predicted octanol–water partition coefficient (Wildman–Crippen LogP) is 3.07. The van der Waals surface area contributed by atoms with Crippen LogP contribution < -0.4 is 0 Å². The van der Waals surface area contributed by atoms with Crippen molar-refractivity contribution < 1.29 is 12.8 Å². The number of aryl methyl sites for hydroxylation is 1. The summed E-state index contributed by atoms with van der Waals surface area (Å²) in [5, 5.41) is 0.381. The van der Waals surface area contributed by atoms with Crippen molar-refractivity contribution in [1.82, 2.24) is 13.1 Å². The van der Waals surface area contributed by atoms with Crippen LogP contribution in [0.4, 0.5) is 0 Å². The minimum absolute atomic E-state index is 0.0893. The van der Waals surface area contributed by atoms with E-state index in [0.29, 0.717) is 21.8 Å². The van der Waals surface area contributed by atoms with Gasteiger partial charge in [0.05, 0.1) is 23.3 Å². The van der Waals surface area contributed by atoms with Crippen molar-refractivity contribution in [1.29, 1.82) is 0 Å². The summed E-state index contributed by atoms with van der Waals surface area (Å²) >= 11 is 6.94. The summed E-state index contributed by atoms with van der Waals surface area (Å²) in [6, 6.07) is 6.51. The quantitative estimate of drug-likeness (QED) is 0.717. The first-order chi connectivity index (χ1) is 10.4. The van der Waals surface area contributed by atoms with Crippen LogP contribution in [-0.2, 0) is 16.6 Å². The Labute approximate surface area is 136 Å². The zero-order valence-electron chi connectivity index (χ0n) is 11.8. The van der Waals surface area contributed by atoms with Gasteiger partial charge in [0.2, 0.25) is 10.0 Å². The molecule has 0 saturated heterocycles. The summed E-state index contributed by atoms with van der Waals surface area (Å²) in [4.78, 5) is 0.0893. The second kappa shape index (κ2) is 5.62. The van der Waals surface area contributed by atoms with Crippen LogP contribution in [0.5, 0.6) is 0 Å². The summed E-state index contributed by atoms with van der Waals surface area (Å²) in [7, 11) is -2.23. The van der Waals surface area contributed by atoms with Gasteiger partial charge in [-0.1, -0.05) is 11.6 Å². The molecule has 116 valence electrons. The lowest BCUT2D eigenvalue weighted by molar-refractivity contribution is 0.397. The molecule has 0 N–H and O–H groups in total. The van der Waals surface area contributed by atoms with Gasteiger partial charge in [-0.3, -0.25) is 0 Å². The molecule has 0 aliphatic carbocycles. The number of furan rings is 1. The first-order valence-electron chi connectivity index (χ1n) is 6.32. The Bertz CT molecular complexity index is 933. The first-order valence-corrected chi connectivity index (χ1v) is 8.87. The van der Waals surface area contributed by atoms with Gasteiger partial charge in [-0.25, -0.2) is 8.42 Å². The highest BCUT2D eigenvalue weighted by Crippen LogP contribution is 2.29. The van der Waals surface area contributed by atoms with Crippen molar-refractivity contribution in [2.75, 3.05) is 7.05 Å². The SMILES string of the molecule is Cc1ccc(CN(C)S(=O)(=O)c2ccc(Cl)c3nsnc23)o1. The van der Waals surface area contributed by atoms with E-state index in [-0.39, 0.29) is 11.4 Å². The molecule has 0 saturated carbocycles. The van der Waals surface area contributed by atoms with E-state index < -0.39 is 10.0 Å². The Kier molecular flexibility index (Phi) is 3.94. The highest BCUT2D eigenvalue weighted by Gasteiger charge is 2.26. The summed E-state index contributed by atoms with van der Waals surface area (Å²) in [5.74, 6) is 1.31. The largest absolute Gasteiger partial charge is 0.465 e. The summed E-state index contributed by atoms with van der Waals surface area (Å²) in [6.45, 7) is 1.94. The number of hydrogen-bond acceptors (Lipinski definition) is 6. The van der Waals surface area contributed by atoms with Crippen LogP contribution in [0.25, 0.3) is 11.0 Å². The van der Waals surface area contributed by atoms with Gasteiger partial charge < -0.3 is 4.42 Å². The van der Waals surface area contributed by atoms with Gasteiger partial charge in [0.25, 0.3) is 0 Å². The lowest BCUT2D eigenvalue weighted by Crippen LogP contribution is -2.26. The molecule has 0 spiro atoms. The number of sulfonamides is 1. The van der Waals surface area contributed by atoms with Gasteiger partial charge in [0.1, 0.15) is 27.4 Å². The maximum Gasteiger partial charge on any atom is 0.245 e. The van der Waals surface area contributed by atoms with Crippen LogP contribution in [0.15, 0.2) is 33.6 Å². The van der Waals surface area contributed by atoms with E-state index in [9.17, 15) is 8.42 Å². The number of hydrogen-bond donors (Lipinski definition) is 0. The standard InChI is InChI=1S/C13H12ClN3O3S2/c1-8-3-4-9(20-8)7-17(2)22(18,19)11-6-5-10(14)12-13(11)16-21-15-12/h3-6H,7H2,1-2H3. The molecule has 3 rings (SSSR count). The minimum Gasteiger partial charge on any atom is -0.465 e. The molecule has 9 heteroatoms. The fraction of sp³-hybridized carbons (Fsp3) is 0.231. The molecule has 1 aromatic carbocycles. The number of benzene rings is 1. The van der Waals surface area contributed by atoms with E-state index in [4.69, 9.17) is 16.0 Å². The maximum absolute atomic E-state index is 12.7. The third-order valence-corrected chi connectivity index (χ3v) is 5.86. The Balaban J connectivity index is 2.00. The molecule has 0 atom stereocenters. The fourth-order valence-electron chi connectivity index (χ4n) is 2.06. The van der Waals surface area contributed by atoms with Crippen LogP contribution in [-0.4, -0.2) is 28.5 Å². The van der Waals surface area contributed by atoms with Crippen LogP contribution in [0.1, 0.15) is 11.5 Å². The van der Waals surface area contributed by atoms with E-state index in [1.165, 1.54) is 23.5 Å². The molecule has 0 aliphatic heterocycles. The second-order valence-electron chi connectivity index (χ2n) is 4.78. The van der Waals surface area contributed by atoms with E-state index in [1.807, 2.05) is 6.92 Å². The molecular weight excluding hydrogens is 346 g/mol. The van der Waals surface area contributed by atoms with Gasteiger partial charge in [0, 0.05) is 7.05 Å². The van der Waals surface area contributed by atoms with Crippen LogP contribution in [0.2, 0.25) is 5.02 Å². The minimum atomic E-state index is -3.72. The zero-order chi connectivity index (χ0) is 15.9. The van der Waals surface area contributed by atoms with Gasteiger partial charge in [-0.15, -0.1) is 0 Å². The first kappa shape index (κ1) is 15.4. The van der Waals surface area contributed by atoms with Gasteiger partial charge >= 0.3 is 0 Å². The summed E-state index contributed by atoms with van der Waals surface area (Å²) in [5.41, 5.74) is 0.690. The monoisotopic (exact) mass is 357 g/mol. The van der Waals surface area contributed by atoms with Crippen molar-refractivity contribution in [2.24, 2.45) is 0 Å². The van der Waals surface area contributed by atoms with Gasteiger partial charge in [0.15, 0.2) is 0 Å². The zero-order valence-corrected chi connectivity index (χ0v) is 14.2. The average molecular weight is 358 g/mol. The predicted molar refractivity (Wildman–Crippen MR) is 84.5 cm³/mol. The molecule has 2 aromatic heterocycles. The molecule has 3 aromatic rings. The molecule has 0 unspecified atom stereocenters. The molecule has 0 aliphatic rings. The molecule has 0 amide bonds. The summed E-state index contributed by atoms with van der Waals surface area (Å²) in [6.07, 6.45) is 0. The van der Waals surface area contributed by atoms with E-state index >= 15 is 0 Å². The van der Waals surface area contributed by atoms with Gasteiger partial charge in [-0.05, 0) is 31.2 Å². The topological polar surface area (TPSA) is 76.3 Å². The molecule has 0 bridgehead atoms. The van der Waals surface area contributed by atoms with E-state index in [2.05, 4.69) is 8.75 Å². The number of fused-ring (bicyclic) bond motifs is 1. The highest BCUT2D eigenvalue weighted by molar-refractivity contribution is 7.89. The van der Waals surface area contributed by atoms with Crippen molar-refractivity contribution in [3.8, 4) is 0 Å². The van der Waals surface area contributed by atoms with Crippen LogP contribution in [0, 0.1) is 6.92 Å². The second-order valence-corrected chi connectivity index (χ2v) is 7.73. The molecule has 0 fully saturated rings. The molecular formula is C13H12ClN3O3S2. The number of halogens is 1. The van der Waals surface area contributed by atoms with Crippen LogP contribution >= 0.6 is 23.3 Å². The van der Waals surface area contributed by atoms with E-state index in [1.54, 1.807) is 12.1 Å². The van der Waals surface area contributed by atoms with Crippen LogP contribution in [0.3, 0.4) is 0 Å². The summed E-state index contributed by atoms with van der Waals surface area (Å²) < 4.78 is 40.2. The third-order valence-electron chi connectivity index (χ3n) is 3.19. The number of nitrogens with zero attached hydrogens (tertiary/aromatic N) is 3. The number of rotatable bonds is 4. The van der Waals surface area contributed by atoms with Crippen molar-refractivity contribution >= 4 is 44.4 Å². The van der Waals surface area contributed by atoms with E-state index in [0.717, 1.165) is 17.5 Å². The average Bonchev–Trinajstić information content (AvgIpc) is 3.08. The molecule has 0 radical (unpaired) electrons. The van der Waals surface area contributed by atoms with Crippen molar-refractivity contribution in [3.05, 3.63) is 40.8 Å². The lowest BCUT2D eigenvalue weighted by Gasteiger charge is -2.16. The smallest absolute Gasteiger partial charge is 0.245 e. The van der Waals surface area contributed by atoms with Gasteiger partial charge in [-0.2, -0.15) is 13.1 Å². The number of aromatic nitrogens is 2. The fourth-order valence-corrected chi connectivity index (χ4v) is 4.20.